The minimum atomic E-state index is 0.637. The Balaban J connectivity index is 3.15. The van der Waals surface area contributed by atoms with Gasteiger partial charge in [0, 0.05) is 19.1 Å². The van der Waals surface area contributed by atoms with Crippen LogP contribution in [-0.2, 0) is 0 Å². The standard InChI is InChI=1S/C8H9NS/c1-7-5-3-4-6-9(7)8(2)10/h3-6H,2H2,1H3/q+1. The minimum Gasteiger partial charge on any atom is -0.156 e. The molecule has 1 radical (unpaired) electrons. The highest BCUT2D eigenvalue weighted by molar-refractivity contribution is 7.89. The first-order valence-corrected chi connectivity index (χ1v) is 3.46. The zero-order valence-corrected chi connectivity index (χ0v) is 6.69. The van der Waals surface area contributed by atoms with E-state index in [-0.39, 0.29) is 0 Å². The number of aryl methyl sites for hydroxylation is 1. The van der Waals surface area contributed by atoms with Crippen LogP contribution in [0.4, 0.5) is 0 Å². The Morgan fingerprint density at radius 2 is 2.30 bits per heavy atom. The van der Waals surface area contributed by atoms with E-state index >= 15 is 0 Å². The first kappa shape index (κ1) is 7.22. The molecule has 0 N–H and O–H groups in total. The van der Waals surface area contributed by atoms with Gasteiger partial charge in [0.15, 0.2) is 11.9 Å². The van der Waals surface area contributed by atoms with Crippen molar-refractivity contribution in [2.45, 2.75) is 6.92 Å². The average Bonchev–Trinajstić information content (AvgIpc) is 1.88. The van der Waals surface area contributed by atoms with Gasteiger partial charge < -0.3 is 0 Å². The van der Waals surface area contributed by atoms with Crippen LogP contribution in [0.5, 0.6) is 0 Å². The van der Waals surface area contributed by atoms with Crippen molar-refractivity contribution in [1.82, 2.24) is 0 Å². The highest BCUT2D eigenvalue weighted by Gasteiger charge is 2.04. The van der Waals surface area contributed by atoms with Gasteiger partial charge in [0.2, 0.25) is 0 Å². The molecule has 0 aliphatic carbocycles. The lowest BCUT2D eigenvalue weighted by molar-refractivity contribution is -0.580. The monoisotopic (exact) mass is 151 g/mol. The van der Waals surface area contributed by atoms with Crippen molar-refractivity contribution >= 4 is 17.7 Å². The lowest BCUT2D eigenvalue weighted by Crippen LogP contribution is -2.31. The van der Waals surface area contributed by atoms with E-state index in [0.717, 1.165) is 5.69 Å². The van der Waals surface area contributed by atoms with E-state index in [1.165, 1.54) is 0 Å². The van der Waals surface area contributed by atoms with Crippen LogP contribution in [0.1, 0.15) is 5.69 Å². The van der Waals surface area contributed by atoms with Crippen molar-refractivity contribution < 1.29 is 4.57 Å². The van der Waals surface area contributed by atoms with Crippen molar-refractivity contribution in [2.24, 2.45) is 0 Å². The quantitative estimate of drug-likeness (QED) is 0.540. The molecule has 51 valence electrons. The van der Waals surface area contributed by atoms with Gasteiger partial charge in [0.05, 0.1) is 0 Å². The molecule has 0 amide bonds. The third-order valence-electron chi connectivity index (χ3n) is 1.33. The maximum atomic E-state index is 4.90. The van der Waals surface area contributed by atoms with E-state index in [0.29, 0.717) is 5.03 Å². The molecule has 0 bridgehead atoms. The van der Waals surface area contributed by atoms with Gasteiger partial charge in [0.1, 0.15) is 0 Å². The van der Waals surface area contributed by atoms with Gasteiger partial charge in [-0.3, -0.25) is 0 Å². The fourth-order valence-corrected chi connectivity index (χ4v) is 1.01. The molecule has 0 aliphatic heterocycles. The Kier molecular flexibility index (Phi) is 2.02. The Morgan fingerprint density at radius 3 is 2.70 bits per heavy atom. The molecule has 0 spiro atoms. The summed E-state index contributed by atoms with van der Waals surface area (Å²) in [4.78, 5) is 0. The zero-order chi connectivity index (χ0) is 7.56. The molecule has 0 aliphatic rings. The van der Waals surface area contributed by atoms with E-state index in [2.05, 4.69) is 6.58 Å². The fraction of sp³-hybridized carbons (Fsp3) is 0.125. The van der Waals surface area contributed by atoms with Crippen molar-refractivity contribution in [1.29, 1.82) is 0 Å². The van der Waals surface area contributed by atoms with Crippen LogP contribution in [-0.4, -0.2) is 0 Å². The van der Waals surface area contributed by atoms with E-state index in [4.69, 9.17) is 12.6 Å². The molecule has 2 heteroatoms. The van der Waals surface area contributed by atoms with Crippen LogP contribution in [0.2, 0.25) is 0 Å². The Morgan fingerprint density at radius 1 is 1.60 bits per heavy atom. The molecule has 0 atom stereocenters. The van der Waals surface area contributed by atoms with E-state index < -0.39 is 0 Å². The molecule has 0 fully saturated rings. The third kappa shape index (κ3) is 1.33. The van der Waals surface area contributed by atoms with Crippen LogP contribution in [0.25, 0.3) is 5.03 Å². The van der Waals surface area contributed by atoms with Gasteiger partial charge in [-0.15, -0.1) is 0 Å². The number of rotatable bonds is 1. The van der Waals surface area contributed by atoms with Crippen LogP contribution >= 0.6 is 12.6 Å². The molecule has 1 nitrogen and oxygen atoms in total. The smallest absolute Gasteiger partial charge is 0.156 e. The molecule has 0 saturated heterocycles. The first-order valence-electron chi connectivity index (χ1n) is 3.05. The molecule has 10 heavy (non-hydrogen) atoms. The third-order valence-corrected chi connectivity index (χ3v) is 1.53. The minimum absolute atomic E-state index is 0.637. The van der Waals surface area contributed by atoms with Crippen molar-refractivity contribution in [2.75, 3.05) is 0 Å². The molecule has 0 aromatic carbocycles. The van der Waals surface area contributed by atoms with Crippen LogP contribution < -0.4 is 4.57 Å². The molecule has 1 rings (SSSR count). The highest BCUT2D eigenvalue weighted by Crippen LogP contribution is 1.96. The van der Waals surface area contributed by atoms with E-state index in [1.807, 2.05) is 35.9 Å². The zero-order valence-electron chi connectivity index (χ0n) is 5.87. The molecule has 1 aromatic heterocycles. The van der Waals surface area contributed by atoms with Crippen LogP contribution in [0.3, 0.4) is 0 Å². The second kappa shape index (κ2) is 2.80. The summed E-state index contributed by atoms with van der Waals surface area (Å²) in [5.41, 5.74) is 1.11. The maximum absolute atomic E-state index is 4.90. The topological polar surface area (TPSA) is 3.88 Å². The molecular weight excluding hydrogens is 142 g/mol. The Hall–Kier alpha value is -0.890. The van der Waals surface area contributed by atoms with Crippen LogP contribution in [0.15, 0.2) is 31.0 Å². The predicted octanol–water partition coefficient (Wildman–Crippen LogP) is 1.91. The van der Waals surface area contributed by atoms with Gasteiger partial charge in [-0.1, -0.05) is 6.07 Å². The average molecular weight is 151 g/mol. The van der Waals surface area contributed by atoms with Gasteiger partial charge in [-0.2, -0.15) is 4.57 Å². The molecular formula is C8H9NS+. The number of pyridine rings is 1. The lowest BCUT2D eigenvalue weighted by Gasteiger charge is -1.92. The number of aromatic nitrogens is 1. The summed E-state index contributed by atoms with van der Waals surface area (Å²) in [6.07, 6.45) is 1.91. The summed E-state index contributed by atoms with van der Waals surface area (Å²) in [7, 11) is 0. The number of hydrogen-bond acceptors (Lipinski definition) is 0. The molecule has 0 saturated carbocycles. The van der Waals surface area contributed by atoms with Crippen molar-refractivity contribution in [3.8, 4) is 0 Å². The Labute approximate surface area is 66.4 Å². The number of hydrogen-bond donors (Lipinski definition) is 0. The predicted molar refractivity (Wildman–Crippen MR) is 44.3 cm³/mol. The molecule has 0 unspecified atom stereocenters. The summed E-state index contributed by atoms with van der Waals surface area (Å²) in [6, 6.07) is 5.91. The van der Waals surface area contributed by atoms with Gasteiger partial charge >= 0.3 is 0 Å². The molecule has 1 aromatic rings. The largest absolute Gasteiger partial charge is 0.269 e. The molecule has 1 heterocycles. The van der Waals surface area contributed by atoms with Gasteiger partial charge in [0.25, 0.3) is 5.03 Å². The summed E-state index contributed by atoms with van der Waals surface area (Å²) in [5, 5.41) is 0.637. The van der Waals surface area contributed by atoms with Crippen LogP contribution in [0, 0.1) is 6.92 Å². The van der Waals surface area contributed by atoms with E-state index in [9.17, 15) is 0 Å². The first-order chi connectivity index (χ1) is 4.72. The van der Waals surface area contributed by atoms with Crippen molar-refractivity contribution in [3.05, 3.63) is 36.7 Å². The highest BCUT2D eigenvalue weighted by atomic mass is 32.1. The summed E-state index contributed by atoms with van der Waals surface area (Å²) in [6.45, 7) is 5.66. The van der Waals surface area contributed by atoms with Gasteiger partial charge in [-0.25, -0.2) is 0 Å². The fourth-order valence-electron chi connectivity index (χ4n) is 0.808. The summed E-state index contributed by atoms with van der Waals surface area (Å²) < 4.78 is 1.87. The second-order valence-corrected chi connectivity index (χ2v) is 2.58. The second-order valence-electron chi connectivity index (χ2n) is 2.11. The van der Waals surface area contributed by atoms with Gasteiger partial charge in [-0.05, 0) is 19.2 Å². The number of nitrogens with zero attached hydrogens (tertiary/aromatic N) is 1. The SMILES string of the molecule is C=C([S])[n+]1ccccc1C. The van der Waals surface area contributed by atoms with Crippen molar-refractivity contribution in [3.63, 3.8) is 0 Å². The maximum Gasteiger partial charge on any atom is 0.269 e. The lowest BCUT2D eigenvalue weighted by atomic mass is 10.4. The normalized spacial score (nSPS) is 9.30. The summed E-state index contributed by atoms with van der Waals surface area (Å²) >= 11 is 4.90. The summed E-state index contributed by atoms with van der Waals surface area (Å²) in [5.74, 6) is 0. The van der Waals surface area contributed by atoms with E-state index in [1.54, 1.807) is 0 Å². The Bertz CT molecular complexity index is 255.